The summed E-state index contributed by atoms with van der Waals surface area (Å²) in [7, 11) is 0. The Morgan fingerprint density at radius 1 is 1.35 bits per heavy atom. The maximum atomic E-state index is 11.5. The van der Waals surface area contributed by atoms with E-state index in [0.29, 0.717) is 12.3 Å². The van der Waals surface area contributed by atoms with E-state index in [-0.39, 0.29) is 5.91 Å². The van der Waals surface area contributed by atoms with Crippen LogP contribution in [0.5, 0.6) is 0 Å². The minimum absolute atomic E-state index is 0.0122. The van der Waals surface area contributed by atoms with Gasteiger partial charge in [-0.05, 0) is 5.56 Å². The van der Waals surface area contributed by atoms with E-state index in [9.17, 15) is 4.79 Å². The largest absolute Gasteiger partial charge is 0.351 e. The van der Waals surface area contributed by atoms with E-state index in [4.69, 9.17) is 0 Å². The van der Waals surface area contributed by atoms with E-state index >= 15 is 0 Å². The Balaban J connectivity index is 1.71. The molecule has 5 nitrogen and oxygen atoms in total. The Hall–Kier alpha value is -1.82. The monoisotopic (exact) mass is 248 g/mol. The summed E-state index contributed by atoms with van der Waals surface area (Å²) >= 11 is 1.35. The number of carbonyl (C=O) groups excluding carboxylic acids is 1. The summed E-state index contributed by atoms with van der Waals surface area (Å²) in [6.07, 6.45) is 1.59. The number of H-pyrrole nitrogens is 1. The molecule has 0 aliphatic heterocycles. The normalized spacial score (nSPS) is 10.1. The van der Waals surface area contributed by atoms with Gasteiger partial charge in [0.2, 0.25) is 5.91 Å². The van der Waals surface area contributed by atoms with Crippen molar-refractivity contribution >= 4 is 17.7 Å². The smallest absolute Gasteiger partial charge is 0.230 e. The van der Waals surface area contributed by atoms with Crippen LogP contribution in [0, 0.1) is 0 Å². The van der Waals surface area contributed by atoms with Crippen LogP contribution < -0.4 is 5.32 Å². The highest BCUT2D eigenvalue weighted by Crippen LogP contribution is 2.11. The van der Waals surface area contributed by atoms with Crippen LogP contribution in [0.4, 0.5) is 0 Å². The van der Waals surface area contributed by atoms with Crippen molar-refractivity contribution in [1.29, 1.82) is 0 Å². The third kappa shape index (κ3) is 3.92. The summed E-state index contributed by atoms with van der Waals surface area (Å²) in [5.74, 6) is 0.334. The Labute approximate surface area is 103 Å². The number of hydrogen-bond acceptors (Lipinski definition) is 4. The summed E-state index contributed by atoms with van der Waals surface area (Å²) < 4.78 is 0. The lowest BCUT2D eigenvalue weighted by atomic mass is 10.2. The standard InChI is InChI=1S/C11H12N4OS/c16-10(8-17-11-7-13-15-14-11)12-6-9-4-2-1-3-5-9/h1-5,7H,6,8H2,(H,12,16)(H,13,14,15). The predicted octanol–water partition coefficient (Wildman–Crippen LogP) is 1.21. The highest BCUT2D eigenvalue weighted by atomic mass is 32.2. The summed E-state index contributed by atoms with van der Waals surface area (Å²) in [4.78, 5) is 11.5. The molecule has 0 fully saturated rings. The number of hydrogen-bond donors (Lipinski definition) is 2. The van der Waals surface area contributed by atoms with Crippen LogP contribution in [0.1, 0.15) is 5.56 Å². The number of thioether (sulfide) groups is 1. The first-order chi connectivity index (χ1) is 8.34. The topological polar surface area (TPSA) is 70.7 Å². The number of benzene rings is 1. The van der Waals surface area contributed by atoms with Gasteiger partial charge in [0.25, 0.3) is 0 Å². The molecule has 1 amide bonds. The molecule has 0 saturated heterocycles. The average molecular weight is 248 g/mol. The molecule has 2 rings (SSSR count). The van der Waals surface area contributed by atoms with E-state index in [1.165, 1.54) is 11.8 Å². The molecule has 2 N–H and O–H groups in total. The number of aromatic amines is 1. The molecule has 0 saturated carbocycles. The van der Waals surface area contributed by atoms with Crippen molar-refractivity contribution in [1.82, 2.24) is 20.7 Å². The van der Waals surface area contributed by atoms with Gasteiger partial charge in [-0.2, -0.15) is 10.3 Å². The zero-order chi connectivity index (χ0) is 11.9. The Morgan fingerprint density at radius 2 is 2.18 bits per heavy atom. The van der Waals surface area contributed by atoms with Gasteiger partial charge in [-0.15, -0.1) is 5.10 Å². The lowest BCUT2D eigenvalue weighted by Crippen LogP contribution is -2.24. The maximum absolute atomic E-state index is 11.5. The molecule has 0 radical (unpaired) electrons. The fraction of sp³-hybridized carbons (Fsp3) is 0.182. The number of nitrogens with one attached hydrogen (secondary N) is 2. The molecule has 1 heterocycles. The van der Waals surface area contributed by atoms with Crippen LogP contribution in [0.25, 0.3) is 0 Å². The minimum Gasteiger partial charge on any atom is -0.351 e. The Morgan fingerprint density at radius 3 is 2.88 bits per heavy atom. The lowest BCUT2D eigenvalue weighted by molar-refractivity contribution is -0.118. The van der Waals surface area contributed by atoms with Crippen LogP contribution in [0.3, 0.4) is 0 Å². The molecule has 0 spiro atoms. The van der Waals surface area contributed by atoms with Crippen LogP contribution >= 0.6 is 11.8 Å². The molecule has 0 aliphatic rings. The van der Waals surface area contributed by atoms with E-state index in [1.807, 2.05) is 30.3 Å². The molecule has 0 aliphatic carbocycles. The second-order valence-electron chi connectivity index (χ2n) is 3.36. The molecule has 0 atom stereocenters. The average Bonchev–Trinajstić information content (AvgIpc) is 2.88. The van der Waals surface area contributed by atoms with Crippen molar-refractivity contribution in [2.45, 2.75) is 11.6 Å². The second-order valence-corrected chi connectivity index (χ2v) is 4.35. The van der Waals surface area contributed by atoms with E-state index in [2.05, 4.69) is 20.7 Å². The van der Waals surface area contributed by atoms with Gasteiger partial charge in [0.15, 0.2) is 0 Å². The summed E-state index contributed by atoms with van der Waals surface area (Å²) in [6, 6.07) is 9.80. The first-order valence-corrected chi connectivity index (χ1v) is 6.12. The van der Waals surface area contributed by atoms with Gasteiger partial charge in [0.1, 0.15) is 5.03 Å². The Bertz CT molecular complexity index is 458. The SMILES string of the molecule is O=C(CSc1cn[nH]n1)NCc1ccccc1. The van der Waals surface area contributed by atoms with Crippen LogP contribution in [0.15, 0.2) is 41.6 Å². The maximum Gasteiger partial charge on any atom is 0.230 e. The molecular weight excluding hydrogens is 236 g/mol. The number of amides is 1. The molecular formula is C11H12N4OS. The molecule has 17 heavy (non-hydrogen) atoms. The number of nitrogens with zero attached hydrogens (tertiary/aromatic N) is 2. The van der Waals surface area contributed by atoms with Gasteiger partial charge in [0, 0.05) is 6.54 Å². The number of aromatic nitrogens is 3. The summed E-state index contributed by atoms with van der Waals surface area (Å²) in [5.41, 5.74) is 1.09. The molecule has 2 aromatic rings. The predicted molar refractivity (Wildman–Crippen MR) is 65.4 cm³/mol. The first-order valence-electron chi connectivity index (χ1n) is 5.14. The first kappa shape index (κ1) is 11.7. The van der Waals surface area contributed by atoms with E-state index in [1.54, 1.807) is 6.20 Å². The van der Waals surface area contributed by atoms with Gasteiger partial charge in [0.05, 0.1) is 11.9 Å². The summed E-state index contributed by atoms with van der Waals surface area (Å²) in [6.45, 7) is 0.555. The van der Waals surface area contributed by atoms with Crippen molar-refractivity contribution in [3.05, 3.63) is 42.1 Å². The van der Waals surface area contributed by atoms with Gasteiger partial charge < -0.3 is 5.32 Å². The van der Waals surface area contributed by atoms with Crippen molar-refractivity contribution < 1.29 is 4.79 Å². The molecule has 0 bridgehead atoms. The van der Waals surface area contributed by atoms with Gasteiger partial charge >= 0.3 is 0 Å². The molecule has 1 aromatic carbocycles. The highest BCUT2D eigenvalue weighted by molar-refractivity contribution is 7.99. The van der Waals surface area contributed by atoms with Crippen LogP contribution in [0.2, 0.25) is 0 Å². The zero-order valence-electron chi connectivity index (χ0n) is 9.09. The van der Waals surface area contributed by atoms with E-state index in [0.717, 1.165) is 10.6 Å². The van der Waals surface area contributed by atoms with Crippen molar-refractivity contribution in [2.75, 3.05) is 5.75 Å². The second kappa shape index (κ2) is 6.05. The Kier molecular flexibility index (Phi) is 4.15. The summed E-state index contributed by atoms with van der Waals surface area (Å²) in [5, 5.41) is 13.6. The van der Waals surface area contributed by atoms with Crippen molar-refractivity contribution in [3.8, 4) is 0 Å². The third-order valence-corrected chi connectivity index (χ3v) is 2.98. The molecule has 0 unspecified atom stereocenters. The highest BCUT2D eigenvalue weighted by Gasteiger charge is 2.04. The van der Waals surface area contributed by atoms with Gasteiger partial charge in [-0.1, -0.05) is 42.1 Å². The van der Waals surface area contributed by atoms with Gasteiger partial charge in [-0.3, -0.25) is 4.79 Å². The number of rotatable bonds is 5. The van der Waals surface area contributed by atoms with Gasteiger partial charge in [-0.25, -0.2) is 0 Å². The van der Waals surface area contributed by atoms with E-state index < -0.39 is 0 Å². The van der Waals surface area contributed by atoms with Crippen LogP contribution in [-0.2, 0) is 11.3 Å². The zero-order valence-corrected chi connectivity index (χ0v) is 9.91. The minimum atomic E-state index is -0.0122. The molecule has 88 valence electrons. The fourth-order valence-electron chi connectivity index (χ4n) is 1.25. The quantitative estimate of drug-likeness (QED) is 0.780. The van der Waals surface area contributed by atoms with Crippen molar-refractivity contribution in [2.24, 2.45) is 0 Å². The molecule has 1 aromatic heterocycles. The van der Waals surface area contributed by atoms with Crippen molar-refractivity contribution in [3.63, 3.8) is 0 Å². The number of carbonyl (C=O) groups is 1. The molecule has 6 heteroatoms. The van der Waals surface area contributed by atoms with Crippen LogP contribution in [-0.4, -0.2) is 27.1 Å². The third-order valence-electron chi connectivity index (χ3n) is 2.08. The lowest BCUT2D eigenvalue weighted by Gasteiger charge is -2.03. The fourth-order valence-corrected chi connectivity index (χ4v) is 1.86.